The fourth-order valence-corrected chi connectivity index (χ4v) is 5.41. The maximum atomic E-state index is 15.7. The molecule has 0 amide bonds. The summed E-state index contributed by atoms with van der Waals surface area (Å²) in [6.07, 6.45) is 0. The van der Waals surface area contributed by atoms with Gasteiger partial charge in [-0.25, -0.2) is 19.1 Å². The van der Waals surface area contributed by atoms with Gasteiger partial charge in [-0.05, 0) is 49.4 Å². The van der Waals surface area contributed by atoms with Gasteiger partial charge in [0.15, 0.2) is 17.5 Å². The summed E-state index contributed by atoms with van der Waals surface area (Å²) in [7, 11) is 1.63. The molecule has 0 saturated carbocycles. The zero-order valence-electron chi connectivity index (χ0n) is 21.9. The lowest BCUT2D eigenvalue weighted by molar-refractivity contribution is 0.417. The van der Waals surface area contributed by atoms with Crippen molar-refractivity contribution in [1.82, 2.24) is 9.78 Å². The van der Waals surface area contributed by atoms with E-state index in [0.717, 1.165) is 34.0 Å². The molecular weight excluding hydrogens is 503 g/mol. The molecule has 1 atom stereocenters. The molecule has 2 aliphatic rings. The second kappa shape index (κ2) is 9.50. The number of nitrogens with one attached hydrogen (secondary N) is 1. The average molecular weight is 529 g/mol. The standard InChI is InChI=1S/C32H25FN6O/c1-20-28-29(22-14-6-7-15-23(22)33)38-26-18-10-8-16-24(26)34-30(35-25-17-9-11-19-27(25)40-2)32(38)36-31(28)39(37-20)21-12-4-3-5-13-21/h3-19,29H,1-2H3,(H,34,35)/t29-/m1/s1. The van der Waals surface area contributed by atoms with E-state index in [-0.39, 0.29) is 5.82 Å². The lowest BCUT2D eigenvalue weighted by Crippen LogP contribution is -2.46. The van der Waals surface area contributed by atoms with Crippen molar-refractivity contribution in [3.05, 3.63) is 126 Å². The van der Waals surface area contributed by atoms with Crippen LogP contribution in [0.5, 0.6) is 5.75 Å². The summed E-state index contributed by atoms with van der Waals surface area (Å²) in [5, 5.41) is 8.35. The van der Waals surface area contributed by atoms with Gasteiger partial charge in [-0.1, -0.05) is 60.7 Å². The maximum Gasteiger partial charge on any atom is 0.179 e. The van der Waals surface area contributed by atoms with Crippen LogP contribution in [0.2, 0.25) is 0 Å². The number of hydrogen-bond acceptors (Lipinski definition) is 6. The van der Waals surface area contributed by atoms with E-state index in [9.17, 15) is 0 Å². The number of benzene rings is 4. The topological polar surface area (TPSA) is 67.0 Å². The van der Waals surface area contributed by atoms with Crippen molar-refractivity contribution < 1.29 is 9.13 Å². The molecule has 3 heterocycles. The number of para-hydroxylation sites is 5. The van der Waals surface area contributed by atoms with E-state index in [4.69, 9.17) is 19.8 Å². The van der Waals surface area contributed by atoms with E-state index < -0.39 is 6.04 Å². The Labute approximate surface area is 230 Å². The van der Waals surface area contributed by atoms with E-state index in [1.54, 1.807) is 13.2 Å². The number of amidine groups is 2. The van der Waals surface area contributed by atoms with Crippen molar-refractivity contribution >= 4 is 34.6 Å². The number of methoxy groups -OCH3 is 1. The predicted octanol–water partition coefficient (Wildman–Crippen LogP) is 7.12. The quantitative estimate of drug-likeness (QED) is 0.270. The molecule has 2 aliphatic heterocycles. The Hall–Kier alpha value is -5.24. The molecule has 0 saturated heterocycles. The normalized spacial score (nSPS) is 15.4. The maximum absolute atomic E-state index is 15.7. The SMILES string of the molecule is COc1ccccc1NC1=Nc2ccccc2N2C1=Nc1c(c(C)nn1-c1ccccc1)[C@H]2c1ccccc1F. The molecule has 7 rings (SSSR count). The van der Waals surface area contributed by atoms with Gasteiger partial charge in [-0.3, -0.25) is 0 Å². The van der Waals surface area contributed by atoms with Gasteiger partial charge in [-0.2, -0.15) is 5.10 Å². The van der Waals surface area contributed by atoms with Crippen LogP contribution in [0.1, 0.15) is 22.9 Å². The molecule has 0 unspecified atom stereocenters. The minimum atomic E-state index is -0.535. The highest BCUT2D eigenvalue weighted by molar-refractivity contribution is 6.51. The van der Waals surface area contributed by atoms with Crippen molar-refractivity contribution in [2.75, 3.05) is 17.3 Å². The van der Waals surface area contributed by atoms with Crippen LogP contribution in [-0.2, 0) is 0 Å². The number of ether oxygens (including phenoxy) is 1. The Morgan fingerprint density at radius 3 is 2.38 bits per heavy atom. The van der Waals surface area contributed by atoms with Gasteiger partial charge in [0.05, 0.1) is 41.6 Å². The van der Waals surface area contributed by atoms with E-state index >= 15 is 4.39 Å². The molecule has 0 fully saturated rings. The third-order valence-corrected chi connectivity index (χ3v) is 7.20. The zero-order valence-corrected chi connectivity index (χ0v) is 21.9. The van der Waals surface area contributed by atoms with Crippen molar-refractivity contribution in [3.8, 4) is 11.4 Å². The molecule has 8 heteroatoms. The van der Waals surface area contributed by atoms with Gasteiger partial charge in [-0.15, -0.1) is 0 Å². The minimum absolute atomic E-state index is 0.300. The highest BCUT2D eigenvalue weighted by Crippen LogP contribution is 2.48. The molecule has 7 nitrogen and oxygen atoms in total. The average Bonchev–Trinajstić information content (AvgIpc) is 3.33. The molecule has 0 spiro atoms. The Balaban J connectivity index is 1.51. The van der Waals surface area contributed by atoms with E-state index in [0.29, 0.717) is 28.8 Å². The van der Waals surface area contributed by atoms with Crippen molar-refractivity contribution in [1.29, 1.82) is 0 Å². The fourth-order valence-electron chi connectivity index (χ4n) is 5.41. The molecule has 196 valence electrons. The number of fused-ring (bicyclic) bond motifs is 4. The first-order valence-corrected chi connectivity index (χ1v) is 13.0. The number of nitrogens with zero attached hydrogens (tertiary/aromatic N) is 5. The molecule has 0 aliphatic carbocycles. The first-order chi connectivity index (χ1) is 19.6. The van der Waals surface area contributed by atoms with E-state index in [2.05, 4.69) is 10.2 Å². The lowest BCUT2D eigenvalue weighted by atomic mass is 9.93. The van der Waals surface area contributed by atoms with Crippen LogP contribution in [-0.4, -0.2) is 28.6 Å². The number of aromatic nitrogens is 2. The van der Waals surface area contributed by atoms with E-state index in [1.165, 1.54) is 6.07 Å². The Bertz CT molecular complexity index is 1810. The fraction of sp³-hybridized carbons (Fsp3) is 0.0938. The summed E-state index contributed by atoms with van der Waals surface area (Å²) in [5.74, 6) is 2.09. The summed E-state index contributed by atoms with van der Waals surface area (Å²) in [4.78, 5) is 12.2. The van der Waals surface area contributed by atoms with Gasteiger partial charge >= 0.3 is 0 Å². The Kier molecular flexibility index (Phi) is 5.66. The minimum Gasteiger partial charge on any atom is -0.495 e. The largest absolute Gasteiger partial charge is 0.495 e. The molecule has 1 N–H and O–H groups in total. The van der Waals surface area contributed by atoms with Gasteiger partial charge in [0, 0.05) is 11.1 Å². The third-order valence-electron chi connectivity index (χ3n) is 7.20. The van der Waals surface area contributed by atoms with Crippen LogP contribution in [0.15, 0.2) is 113 Å². The molecule has 0 bridgehead atoms. The monoisotopic (exact) mass is 528 g/mol. The first kappa shape index (κ1) is 23.8. The highest BCUT2D eigenvalue weighted by Gasteiger charge is 2.42. The number of rotatable bonds is 4. The zero-order chi connectivity index (χ0) is 27.2. The number of anilines is 2. The van der Waals surface area contributed by atoms with Gasteiger partial charge in [0.25, 0.3) is 0 Å². The highest BCUT2D eigenvalue weighted by atomic mass is 19.1. The van der Waals surface area contributed by atoms with Crippen LogP contribution >= 0.6 is 0 Å². The predicted molar refractivity (Wildman–Crippen MR) is 156 cm³/mol. The molecule has 40 heavy (non-hydrogen) atoms. The van der Waals surface area contributed by atoms with Crippen molar-refractivity contribution in [2.45, 2.75) is 13.0 Å². The second-order valence-electron chi connectivity index (χ2n) is 9.57. The summed E-state index contributed by atoms with van der Waals surface area (Å²) in [5.41, 5.74) is 5.32. The number of aryl methyl sites for hydroxylation is 1. The van der Waals surface area contributed by atoms with Crippen molar-refractivity contribution in [2.24, 2.45) is 9.98 Å². The summed E-state index contributed by atoms with van der Waals surface area (Å²) in [6, 6.07) is 31.7. The molecule has 5 aromatic rings. The molecule has 4 aromatic carbocycles. The third kappa shape index (κ3) is 3.76. The van der Waals surface area contributed by atoms with Gasteiger partial charge in [0.2, 0.25) is 0 Å². The number of aliphatic imine (C=N–C) groups is 2. The van der Waals surface area contributed by atoms with Gasteiger partial charge < -0.3 is 15.0 Å². The summed E-state index contributed by atoms with van der Waals surface area (Å²) in [6.45, 7) is 1.95. The molecule has 1 aromatic heterocycles. The summed E-state index contributed by atoms with van der Waals surface area (Å²) >= 11 is 0. The molecular formula is C32H25FN6O. The number of hydrogen-bond donors (Lipinski definition) is 1. The van der Waals surface area contributed by atoms with Crippen LogP contribution in [0, 0.1) is 12.7 Å². The van der Waals surface area contributed by atoms with Crippen molar-refractivity contribution in [3.63, 3.8) is 0 Å². The second-order valence-corrected chi connectivity index (χ2v) is 9.57. The molecule has 0 radical (unpaired) electrons. The van der Waals surface area contributed by atoms with Crippen LogP contribution < -0.4 is 15.0 Å². The van der Waals surface area contributed by atoms with Crippen LogP contribution in [0.3, 0.4) is 0 Å². The van der Waals surface area contributed by atoms with Gasteiger partial charge in [0.1, 0.15) is 11.6 Å². The van der Waals surface area contributed by atoms with Crippen LogP contribution in [0.25, 0.3) is 5.69 Å². The number of halogens is 1. The summed E-state index contributed by atoms with van der Waals surface area (Å²) < 4.78 is 23.1. The lowest BCUT2D eigenvalue weighted by Gasteiger charge is -2.40. The smallest absolute Gasteiger partial charge is 0.179 e. The van der Waals surface area contributed by atoms with Crippen LogP contribution in [0.4, 0.5) is 27.3 Å². The first-order valence-electron chi connectivity index (χ1n) is 13.0. The van der Waals surface area contributed by atoms with E-state index in [1.807, 2.05) is 103 Å². The Morgan fingerprint density at radius 2 is 1.55 bits per heavy atom. The Morgan fingerprint density at radius 1 is 0.825 bits per heavy atom.